The standard InChI is InChI=1S/C12H15NO3/c1-4-5-6-13-9(3)8(2)10(7-14)11(13)12(15)16/h4-5,7H,6H2,1-3H3,(H,15,16). The molecule has 1 heterocycles. The molecule has 0 aliphatic rings. The van der Waals surface area contributed by atoms with Gasteiger partial charge in [0.15, 0.2) is 6.29 Å². The van der Waals surface area contributed by atoms with Crippen molar-refractivity contribution >= 4 is 12.3 Å². The quantitative estimate of drug-likeness (QED) is 0.626. The first kappa shape index (κ1) is 12.2. The van der Waals surface area contributed by atoms with E-state index in [1.807, 2.05) is 26.0 Å². The summed E-state index contributed by atoms with van der Waals surface area (Å²) in [5.74, 6) is -1.07. The van der Waals surface area contributed by atoms with Crippen molar-refractivity contribution in [3.05, 3.63) is 34.7 Å². The molecule has 0 aliphatic heterocycles. The Balaban J connectivity index is 3.45. The molecule has 0 spiro atoms. The average Bonchev–Trinajstić information content (AvgIpc) is 2.49. The van der Waals surface area contributed by atoms with E-state index in [1.165, 1.54) is 0 Å². The Labute approximate surface area is 94.2 Å². The fraction of sp³-hybridized carbons (Fsp3) is 0.333. The van der Waals surface area contributed by atoms with Crippen LogP contribution in [0.4, 0.5) is 0 Å². The Morgan fingerprint density at radius 1 is 1.44 bits per heavy atom. The Morgan fingerprint density at radius 2 is 2.06 bits per heavy atom. The molecule has 1 aromatic rings. The van der Waals surface area contributed by atoms with Gasteiger partial charge in [-0.15, -0.1) is 0 Å². The number of carbonyl (C=O) groups excluding carboxylic acids is 1. The minimum absolute atomic E-state index is 0.0723. The van der Waals surface area contributed by atoms with Gasteiger partial charge in [-0.3, -0.25) is 4.79 Å². The highest BCUT2D eigenvalue weighted by atomic mass is 16.4. The number of aldehydes is 1. The molecule has 16 heavy (non-hydrogen) atoms. The Hall–Kier alpha value is -1.84. The molecule has 4 nitrogen and oxygen atoms in total. The van der Waals surface area contributed by atoms with Crippen LogP contribution in [0.3, 0.4) is 0 Å². The normalized spacial score (nSPS) is 10.9. The number of carboxylic acid groups (broad SMARTS) is 1. The number of carbonyl (C=O) groups is 2. The number of aromatic carboxylic acids is 1. The zero-order valence-corrected chi connectivity index (χ0v) is 9.65. The lowest BCUT2D eigenvalue weighted by Crippen LogP contribution is -2.10. The SMILES string of the molecule is CC=CCn1c(C)c(C)c(C=O)c1C(=O)O. The molecule has 0 radical (unpaired) electrons. The highest BCUT2D eigenvalue weighted by Crippen LogP contribution is 2.20. The van der Waals surface area contributed by atoms with E-state index in [-0.39, 0.29) is 11.3 Å². The van der Waals surface area contributed by atoms with Crippen molar-refractivity contribution in [3.8, 4) is 0 Å². The lowest BCUT2D eigenvalue weighted by Gasteiger charge is -2.05. The summed E-state index contributed by atoms with van der Waals surface area (Å²) < 4.78 is 1.64. The Bertz CT molecular complexity index is 455. The number of hydrogen-bond acceptors (Lipinski definition) is 2. The third-order valence-corrected chi connectivity index (χ3v) is 2.72. The van der Waals surface area contributed by atoms with Crippen LogP contribution in [0.5, 0.6) is 0 Å². The molecule has 0 amide bonds. The molecule has 0 saturated carbocycles. The molecule has 0 bridgehead atoms. The Morgan fingerprint density at radius 3 is 2.50 bits per heavy atom. The lowest BCUT2D eigenvalue weighted by atomic mass is 10.1. The van der Waals surface area contributed by atoms with E-state index in [0.29, 0.717) is 12.8 Å². The van der Waals surface area contributed by atoms with Crippen LogP contribution in [0.2, 0.25) is 0 Å². The molecule has 1 rings (SSSR count). The van der Waals surface area contributed by atoms with Gasteiger partial charge in [0.1, 0.15) is 5.69 Å². The Kier molecular flexibility index (Phi) is 3.66. The van der Waals surface area contributed by atoms with Crippen LogP contribution >= 0.6 is 0 Å². The van der Waals surface area contributed by atoms with Crippen molar-refractivity contribution in [2.75, 3.05) is 0 Å². The second kappa shape index (κ2) is 4.79. The van der Waals surface area contributed by atoms with Gasteiger partial charge < -0.3 is 9.67 Å². The summed E-state index contributed by atoms with van der Waals surface area (Å²) in [4.78, 5) is 22.0. The van der Waals surface area contributed by atoms with Crippen molar-refractivity contribution in [1.29, 1.82) is 0 Å². The van der Waals surface area contributed by atoms with Gasteiger partial charge in [0, 0.05) is 12.2 Å². The molecule has 4 heteroatoms. The highest BCUT2D eigenvalue weighted by Gasteiger charge is 2.21. The van der Waals surface area contributed by atoms with Crippen LogP contribution in [0, 0.1) is 13.8 Å². The topological polar surface area (TPSA) is 59.3 Å². The van der Waals surface area contributed by atoms with Gasteiger partial charge in [-0.2, -0.15) is 0 Å². The summed E-state index contributed by atoms with van der Waals surface area (Å²) in [6.07, 6.45) is 4.31. The predicted octanol–water partition coefficient (Wildman–Crippen LogP) is 2.19. The van der Waals surface area contributed by atoms with Gasteiger partial charge in [-0.05, 0) is 26.3 Å². The number of nitrogens with zero attached hydrogens (tertiary/aromatic N) is 1. The maximum absolute atomic E-state index is 11.1. The molecule has 0 aliphatic carbocycles. The summed E-state index contributed by atoms with van der Waals surface area (Å²) in [6.45, 7) is 5.92. The molecular weight excluding hydrogens is 206 g/mol. The molecule has 0 unspecified atom stereocenters. The maximum atomic E-state index is 11.1. The molecular formula is C12H15NO3. The lowest BCUT2D eigenvalue weighted by molar-refractivity contribution is 0.0682. The summed E-state index contributed by atoms with van der Waals surface area (Å²) in [5.41, 5.74) is 1.90. The first-order valence-electron chi connectivity index (χ1n) is 5.03. The van der Waals surface area contributed by atoms with Crippen molar-refractivity contribution in [3.63, 3.8) is 0 Å². The van der Waals surface area contributed by atoms with E-state index >= 15 is 0 Å². The maximum Gasteiger partial charge on any atom is 0.353 e. The van der Waals surface area contributed by atoms with Gasteiger partial charge in [-0.1, -0.05) is 12.2 Å². The number of allylic oxidation sites excluding steroid dienone is 2. The largest absolute Gasteiger partial charge is 0.477 e. The van der Waals surface area contributed by atoms with E-state index in [4.69, 9.17) is 5.11 Å². The van der Waals surface area contributed by atoms with Gasteiger partial charge >= 0.3 is 5.97 Å². The number of aromatic nitrogens is 1. The number of rotatable bonds is 4. The summed E-state index contributed by atoms with van der Waals surface area (Å²) >= 11 is 0. The van der Waals surface area contributed by atoms with Crippen molar-refractivity contribution < 1.29 is 14.7 Å². The van der Waals surface area contributed by atoms with Crippen LogP contribution in [-0.2, 0) is 6.54 Å². The molecule has 0 saturated heterocycles. The van der Waals surface area contributed by atoms with E-state index in [2.05, 4.69) is 0 Å². The van der Waals surface area contributed by atoms with Gasteiger partial charge in [-0.25, -0.2) is 4.79 Å². The third-order valence-electron chi connectivity index (χ3n) is 2.72. The molecule has 86 valence electrons. The van der Waals surface area contributed by atoms with Crippen LogP contribution in [0.15, 0.2) is 12.2 Å². The molecule has 0 aromatic carbocycles. The predicted molar refractivity (Wildman–Crippen MR) is 61.1 cm³/mol. The first-order chi connectivity index (χ1) is 7.54. The minimum Gasteiger partial charge on any atom is -0.477 e. The fourth-order valence-corrected chi connectivity index (χ4v) is 1.70. The summed E-state index contributed by atoms with van der Waals surface area (Å²) in [7, 11) is 0. The summed E-state index contributed by atoms with van der Waals surface area (Å²) in [6, 6.07) is 0. The molecule has 1 aromatic heterocycles. The van der Waals surface area contributed by atoms with Crippen molar-refractivity contribution in [1.82, 2.24) is 4.57 Å². The third kappa shape index (κ3) is 1.91. The first-order valence-corrected chi connectivity index (χ1v) is 5.03. The van der Waals surface area contributed by atoms with Crippen LogP contribution < -0.4 is 0 Å². The molecule has 1 N–H and O–H groups in total. The fourth-order valence-electron chi connectivity index (χ4n) is 1.70. The van der Waals surface area contributed by atoms with Crippen LogP contribution in [-0.4, -0.2) is 21.9 Å². The zero-order valence-electron chi connectivity index (χ0n) is 9.65. The minimum atomic E-state index is -1.07. The monoisotopic (exact) mass is 221 g/mol. The van der Waals surface area contributed by atoms with Gasteiger partial charge in [0.2, 0.25) is 0 Å². The second-order valence-corrected chi connectivity index (χ2v) is 3.58. The smallest absolute Gasteiger partial charge is 0.353 e. The van der Waals surface area contributed by atoms with Crippen LogP contribution in [0.1, 0.15) is 39.0 Å². The second-order valence-electron chi connectivity index (χ2n) is 3.58. The zero-order chi connectivity index (χ0) is 12.3. The van der Waals surface area contributed by atoms with Gasteiger partial charge in [0.05, 0.1) is 5.56 Å². The van der Waals surface area contributed by atoms with E-state index in [1.54, 1.807) is 11.5 Å². The number of carboxylic acids is 1. The molecule has 0 fully saturated rings. The summed E-state index contributed by atoms with van der Waals surface area (Å²) in [5, 5.41) is 9.11. The van der Waals surface area contributed by atoms with E-state index in [9.17, 15) is 9.59 Å². The van der Waals surface area contributed by atoms with Crippen molar-refractivity contribution in [2.24, 2.45) is 0 Å². The average molecular weight is 221 g/mol. The number of hydrogen-bond donors (Lipinski definition) is 1. The van der Waals surface area contributed by atoms with E-state index in [0.717, 1.165) is 11.3 Å². The van der Waals surface area contributed by atoms with Gasteiger partial charge in [0.25, 0.3) is 0 Å². The van der Waals surface area contributed by atoms with E-state index < -0.39 is 5.97 Å². The van der Waals surface area contributed by atoms with Crippen LogP contribution in [0.25, 0.3) is 0 Å². The molecule has 0 atom stereocenters. The highest BCUT2D eigenvalue weighted by molar-refractivity contribution is 5.97. The van der Waals surface area contributed by atoms with Crippen molar-refractivity contribution in [2.45, 2.75) is 27.3 Å².